The maximum absolute atomic E-state index is 5.51. The maximum atomic E-state index is 5.51. The van der Waals surface area contributed by atoms with Crippen LogP contribution >= 0.6 is 11.8 Å². The Labute approximate surface area is 135 Å². The zero-order valence-corrected chi connectivity index (χ0v) is 13.5. The standard InChI is InChI=1S/C17H20N2O2S/c1-20-16-8-3-2-6-14(16)12-19(13-15-7-4-10-21-15)17-18-9-5-11-22-17/h2-4,6-8,10H,5,9,11-13H2,1H3. The van der Waals surface area contributed by atoms with Gasteiger partial charge in [0, 0.05) is 24.4 Å². The van der Waals surface area contributed by atoms with Crippen molar-refractivity contribution < 1.29 is 9.15 Å². The van der Waals surface area contributed by atoms with Crippen molar-refractivity contribution in [3.05, 3.63) is 54.0 Å². The van der Waals surface area contributed by atoms with Crippen molar-refractivity contribution in [1.82, 2.24) is 4.90 Å². The molecule has 22 heavy (non-hydrogen) atoms. The van der Waals surface area contributed by atoms with E-state index in [4.69, 9.17) is 9.15 Å². The summed E-state index contributed by atoms with van der Waals surface area (Å²) in [5.74, 6) is 2.98. The minimum atomic E-state index is 0.719. The van der Waals surface area contributed by atoms with Crippen LogP contribution in [0.3, 0.4) is 0 Å². The number of nitrogens with zero attached hydrogens (tertiary/aromatic N) is 2. The molecule has 2 heterocycles. The number of ether oxygens (including phenoxy) is 1. The summed E-state index contributed by atoms with van der Waals surface area (Å²) in [6, 6.07) is 12.1. The van der Waals surface area contributed by atoms with Gasteiger partial charge in [0.1, 0.15) is 11.5 Å². The molecule has 0 atom stereocenters. The predicted molar refractivity (Wildman–Crippen MR) is 90.3 cm³/mol. The molecule has 3 rings (SSSR count). The number of benzene rings is 1. The minimum absolute atomic E-state index is 0.719. The summed E-state index contributed by atoms with van der Waals surface area (Å²) in [4.78, 5) is 6.95. The normalized spacial score (nSPS) is 14.5. The van der Waals surface area contributed by atoms with E-state index < -0.39 is 0 Å². The largest absolute Gasteiger partial charge is 0.496 e. The summed E-state index contributed by atoms with van der Waals surface area (Å²) in [5.41, 5.74) is 1.16. The monoisotopic (exact) mass is 316 g/mol. The Morgan fingerprint density at radius 2 is 2.14 bits per heavy atom. The molecule has 0 aliphatic carbocycles. The smallest absolute Gasteiger partial charge is 0.159 e. The molecule has 0 saturated carbocycles. The molecule has 0 bridgehead atoms. The van der Waals surface area contributed by atoms with Crippen LogP contribution < -0.4 is 4.74 Å². The first-order valence-corrected chi connectivity index (χ1v) is 8.42. The number of thioether (sulfide) groups is 1. The molecular weight excluding hydrogens is 296 g/mol. The molecule has 4 nitrogen and oxygen atoms in total. The fourth-order valence-electron chi connectivity index (χ4n) is 2.46. The Bertz CT molecular complexity index is 625. The summed E-state index contributed by atoms with van der Waals surface area (Å²) >= 11 is 1.82. The Balaban J connectivity index is 1.82. The first-order valence-electron chi connectivity index (χ1n) is 7.43. The molecule has 0 spiro atoms. The lowest BCUT2D eigenvalue weighted by Crippen LogP contribution is -2.30. The number of rotatable bonds is 5. The quantitative estimate of drug-likeness (QED) is 0.841. The molecule has 116 valence electrons. The molecule has 0 N–H and O–H groups in total. The van der Waals surface area contributed by atoms with Gasteiger partial charge in [-0.15, -0.1) is 0 Å². The molecule has 0 amide bonds. The first kappa shape index (κ1) is 15.0. The molecule has 0 radical (unpaired) electrons. The highest BCUT2D eigenvalue weighted by Gasteiger charge is 2.18. The molecule has 0 fully saturated rings. The third-order valence-corrected chi connectivity index (χ3v) is 4.67. The zero-order valence-electron chi connectivity index (χ0n) is 12.7. The second-order valence-corrected chi connectivity index (χ2v) is 6.18. The van der Waals surface area contributed by atoms with Gasteiger partial charge in [0.05, 0.1) is 19.9 Å². The SMILES string of the molecule is COc1ccccc1CN(Cc1ccco1)C1=NCCCS1. The van der Waals surface area contributed by atoms with E-state index in [0.717, 1.165) is 54.0 Å². The minimum Gasteiger partial charge on any atom is -0.496 e. The van der Waals surface area contributed by atoms with Crippen LogP contribution in [0, 0.1) is 0 Å². The number of hydrogen-bond acceptors (Lipinski definition) is 5. The van der Waals surface area contributed by atoms with E-state index in [0.29, 0.717) is 0 Å². The Kier molecular flexibility index (Phi) is 5.06. The van der Waals surface area contributed by atoms with Gasteiger partial charge in [-0.1, -0.05) is 30.0 Å². The number of aliphatic imine (C=N–C) groups is 1. The predicted octanol–water partition coefficient (Wildman–Crippen LogP) is 3.78. The van der Waals surface area contributed by atoms with Crippen LogP contribution in [0.4, 0.5) is 0 Å². The number of para-hydroxylation sites is 1. The van der Waals surface area contributed by atoms with Gasteiger partial charge in [0.2, 0.25) is 0 Å². The highest BCUT2D eigenvalue weighted by molar-refractivity contribution is 8.13. The molecule has 1 aliphatic heterocycles. The van der Waals surface area contributed by atoms with Gasteiger partial charge >= 0.3 is 0 Å². The van der Waals surface area contributed by atoms with Gasteiger partial charge in [-0.05, 0) is 24.6 Å². The van der Waals surface area contributed by atoms with Crippen molar-refractivity contribution in [2.45, 2.75) is 19.5 Å². The van der Waals surface area contributed by atoms with Crippen molar-refractivity contribution in [3.63, 3.8) is 0 Å². The van der Waals surface area contributed by atoms with E-state index in [-0.39, 0.29) is 0 Å². The van der Waals surface area contributed by atoms with E-state index in [1.165, 1.54) is 0 Å². The Morgan fingerprint density at radius 1 is 1.23 bits per heavy atom. The van der Waals surface area contributed by atoms with Crippen LogP contribution in [0.5, 0.6) is 5.75 Å². The molecule has 0 saturated heterocycles. The van der Waals surface area contributed by atoms with Crippen LogP contribution in [-0.2, 0) is 13.1 Å². The molecule has 1 aliphatic rings. The summed E-state index contributed by atoms with van der Waals surface area (Å²) in [6.07, 6.45) is 2.86. The van der Waals surface area contributed by atoms with Gasteiger partial charge < -0.3 is 14.1 Å². The van der Waals surface area contributed by atoms with Crippen LogP contribution in [0.15, 0.2) is 52.1 Å². The molecular formula is C17H20N2O2S. The molecule has 0 unspecified atom stereocenters. The lowest BCUT2D eigenvalue weighted by atomic mass is 10.2. The summed E-state index contributed by atoms with van der Waals surface area (Å²) in [7, 11) is 1.71. The number of furan rings is 1. The third kappa shape index (κ3) is 3.65. The van der Waals surface area contributed by atoms with Gasteiger partial charge in [0.25, 0.3) is 0 Å². The first-order chi connectivity index (χ1) is 10.9. The summed E-state index contributed by atoms with van der Waals surface area (Å²) < 4.78 is 11.0. The van der Waals surface area contributed by atoms with Gasteiger partial charge in [0.15, 0.2) is 5.17 Å². The topological polar surface area (TPSA) is 38.0 Å². The average Bonchev–Trinajstić information content (AvgIpc) is 3.08. The fourth-order valence-corrected chi connectivity index (χ4v) is 3.41. The highest BCUT2D eigenvalue weighted by atomic mass is 32.2. The average molecular weight is 316 g/mol. The second-order valence-electron chi connectivity index (χ2n) is 5.11. The molecule has 1 aromatic carbocycles. The number of hydrogen-bond donors (Lipinski definition) is 0. The van der Waals surface area contributed by atoms with Gasteiger partial charge in [-0.3, -0.25) is 4.99 Å². The van der Waals surface area contributed by atoms with Crippen LogP contribution in [0.2, 0.25) is 0 Å². The van der Waals surface area contributed by atoms with E-state index in [1.54, 1.807) is 13.4 Å². The maximum Gasteiger partial charge on any atom is 0.159 e. The van der Waals surface area contributed by atoms with Crippen molar-refractivity contribution >= 4 is 16.9 Å². The van der Waals surface area contributed by atoms with E-state index in [2.05, 4.69) is 16.0 Å². The van der Waals surface area contributed by atoms with Gasteiger partial charge in [-0.25, -0.2) is 0 Å². The van der Waals surface area contributed by atoms with Crippen molar-refractivity contribution in [2.24, 2.45) is 4.99 Å². The van der Waals surface area contributed by atoms with Crippen LogP contribution in [0.25, 0.3) is 0 Å². The molecule has 1 aromatic heterocycles. The lowest BCUT2D eigenvalue weighted by molar-refractivity contribution is 0.348. The summed E-state index contributed by atoms with van der Waals surface area (Å²) in [5, 5.41) is 1.09. The number of amidine groups is 1. The third-order valence-electron chi connectivity index (χ3n) is 3.53. The lowest BCUT2D eigenvalue weighted by Gasteiger charge is -2.27. The number of methoxy groups -OCH3 is 1. The van der Waals surface area contributed by atoms with Crippen LogP contribution in [0.1, 0.15) is 17.7 Å². The van der Waals surface area contributed by atoms with Crippen molar-refractivity contribution in [2.75, 3.05) is 19.4 Å². The van der Waals surface area contributed by atoms with E-state index >= 15 is 0 Å². The summed E-state index contributed by atoms with van der Waals surface area (Å²) in [6.45, 7) is 2.39. The second kappa shape index (κ2) is 7.40. The van der Waals surface area contributed by atoms with E-state index in [9.17, 15) is 0 Å². The zero-order chi connectivity index (χ0) is 15.2. The van der Waals surface area contributed by atoms with Crippen molar-refractivity contribution in [1.29, 1.82) is 0 Å². The fraction of sp³-hybridized carbons (Fsp3) is 0.353. The Hall–Kier alpha value is -1.88. The molecule has 2 aromatic rings. The van der Waals surface area contributed by atoms with E-state index in [1.807, 2.05) is 42.1 Å². The highest BCUT2D eigenvalue weighted by Crippen LogP contribution is 2.24. The molecule has 5 heteroatoms. The Morgan fingerprint density at radius 3 is 2.86 bits per heavy atom. The van der Waals surface area contributed by atoms with Gasteiger partial charge in [-0.2, -0.15) is 0 Å². The van der Waals surface area contributed by atoms with Crippen molar-refractivity contribution in [3.8, 4) is 5.75 Å². The van der Waals surface area contributed by atoms with Crippen LogP contribution in [-0.4, -0.2) is 29.5 Å².